The molecular formula is C27H28F3N9O4. The third-order valence-electron chi connectivity index (χ3n) is 6.73. The van der Waals surface area contributed by atoms with Crippen molar-refractivity contribution >= 4 is 23.2 Å². The summed E-state index contributed by atoms with van der Waals surface area (Å²) >= 11 is 0. The minimum atomic E-state index is -5.08. The zero-order chi connectivity index (χ0) is 31.5. The number of carboxylic acids is 1. The molecule has 1 atom stereocenters. The number of aliphatic carboxylic acids is 1. The fraction of sp³-hybridized carbons (Fsp3) is 0.370. The van der Waals surface area contributed by atoms with Gasteiger partial charge in [-0.3, -0.25) is 9.48 Å². The summed E-state index contributed by atoms with van der Waals surface area (Å²) in [4.78, 5) is 29.9. The van der Waals surface area contributed by atoms with Crippen molar-refractivity contribution in [3.8, 4) is 28.5 Å². The number of piperazine rings is 1. The lowest BCUT2D eigenvalue weighted by Gasteiger charge is -2.36. The second-order valence-corrected chi connectivity index (χ2v) is 10.1. The average molecular weight is 600 g/mol. The minimum absolute atomic E-state index is 0.110. The highest BCUT2D eigenvalue weighted by molar-refractivity contribution is 5.87. The highest BCUT2D eigenvalue weighted by atomic mass is 19.4. The van der Waals surface area contributed by atoms with E-state index in [0.717, 1.165) is 22.5 Å². The third kappa shape index (κ3) is 6.89. The number of rotatable bonds is 5. The summed E-state index contributed by atoms with van der Waals surface area (Å²) in [5.41, 5.74) is 4.38. The van der Waals surface area contributed by atoms with Crippen LogP contribution in [0.5, 0.6) is 0 Å². The van der Waals surface area contributed by atoms with Crippen molar-refractivity contribution < 1.29 is 33.0 Å². The quantitative estimate of drug-likeness (QED) is 0.348. The molecule has 226 valence electrons. The maximum atomic E-state index is 12.5. The van der Waals surface area contributed by atoms with Crippen molar-refractivity contribution in [1.29, 1.82) is 5.26 Å². The van der Waals surface area contributed by atoms with Gasteiger partial charge in [0.25, 0.3) is 5.91 Å². The second kappa shape index (κ2) is 12.4. The van der Waals surface area contributed by atoms with E-state index in [0.29, 0.717) is 43.0 Å². The number of aliphatic hydroxyl groups is 1. The fourth-order valence-electron chi connectivity index (χ4n) is 4.40. The lowest BCUT2D eigenvalue weighted by molar-refractivity contribution is -0.192. The number of carbonyl (C=O) groups is 2. The Bertz CT molecular complexity index is 1650. The number of carbonyl (C=O) groups excluding carboxylic acids is 1. The number of hydrogen-bond donors (Lipinski definition) is 2. The summed E-state index contributed by atoms with van der Waals surface area (Å²) in [6.45, 7) is 6.02. The summed E-state index contributed by atoms with van der Waals surface area (Å²) in [6.07, 6.45) is 0.955. The smallest absolute Gasteiger partial charge is 0.475 e. The maximum absolute atomic E-state index is 12.5. The molecule has 5 rings (SSSR count). The largest absolute Gasteiger partial charge is 0.490 e. The topological polar surface area (TPSA) is 166 Å². The molecular weight excluding hydrogens is 571 g/mol. The number of fused-ring (bicyclic) bond motifs is 1. The fourth-order valence-corrected chi connectivity index (χ4v) is 4.40. The summed E-state index contributed by atoms with van der Waals surface area (Å²) in [6, 6.07) is 8.12. The molecule has 1 fully saturated rings. The Hall–Kier alpha value is -5.04. The summed E-state index contributed by atoms with van der Waals surface area (Å²) in [5, 5.41) is 39.5. The van der Waals surface area contributed by atoms with Crippen LogP contribution in [-0.4, -0.2) is 95.0 Å². The first kappa shape index (κ1) is 30.9. The number of nitrogens with zero attached hydrogens (tertiary/aromatic N) is 9. The van der Waals surface area contributed by atoms with Crippen LogP contribution in [0.3, 0.4) is 0 Å². The molecule has 13 nitrogen and oxygen atoms in total. The number of pyridine rings is 2. The van der Waals surface area contributed by atoms with Gasteiger partial charge in [0.1, 0.15) is 23.7 Å². The van der Waals surface area contributed by atoms with Crippen LogP contribution in [0.25, 0.3) is 27.9 Å². The van der Waals surface area contributed by atoms with E-state index in [9.17, 15) is 28.3 Å². The summed E-state index contributed by atoms with van der Waals surface area (Å²) < 4.78 is 35.1. The van der Waals surface area contributed by atoms with E-state index in [4.69, 9.17) is 14.9 Å². The van der Waals surface area contributed by atoms with Gasteiger partial charge in [0.2, 0.25) is 0 Å². The van der Waals surface area contributed by atoms with Crippen LogP contribution in [0.1, 0.15) is 19.4 Å². The molecule has 1 amide bonds. The van der Waals surface area contributed by atoms with Crippen LogP contribution >= 0.6 is 0 Å². The Morgan fingerprint density at radius 3 is 2.26 bits per heavy atom. The first-order valence-electron chi connectivity index (χ1n) is 13.1. The van der Waals surface area contributed by atoms with Crippen LogP contribution in [0.15, 0.2) is 43.0 Å². The Kier molecular flexibility index (Phi) is 8.95. The summed E-state index contributed by atoms with van der Waals surface area (Å²) in [5.74, 6) is -2.27. The predicted molar refractivity (Wildman–Crippen MR) is 146 cm³/mol. The molecule has 0 aromatic carbocycles. The van der Waals surface area contributed by atoms with Crippen molar-refractivity contribution in [2.24, 2.45) is 13.0 Å². The van der Waals surface area contributed by atoms with Crippen molar-refractivity contribution in [2.45, 2.75) is 26.1 Å². The van der Waals surface area contributed by atoms with Gasteiger partial charge in [-0.2, -0.15) is 23.5 Å². The predicted octanol–water partition coefficient (Wildman–Crippen LogP) is 2.36. The normalized spacial score (nSPS) is 14.3. The van der Waals surface area contributed by atoms with Crippen LogP contribution in [-0.2, 0) is 16.6 Å². The third-order valence-corrected chi connectivity index (χ3v) is 6.73. The van der Waals surface area contributed by atoms with Gasteiger partial charge in [0, 0.05) is 62.3 Å². The molecule has 16 heteroatoms. The van der Waals surface area contributed by atoms with E-state index in [2.05, 4.69) is 26.4 Å². The number of aryl methyl sites for hydroxylation is 1. The average Bonchev–Trinajstić information content (AvgIpc) is 3.62. The first-order chi connectivity index (χ1) is 20.3. The van der Waals surface area contributed by atoms with E-state index in [1.54, 1.807) is 26.5 Å². The molecule has 5 heterocycles. The molecule has 1 aliphatic heterocycles. The van der Waals surface area contributed by atoms with Crippen molar-refractivity contribution in [1.82, 2.24) is 34.5 Å². The zero-order valence-electron chi connectivity index (χ0n) is 23.4. The van der Waals surface area contributed by atoms with Crippen LogP contribution < -0.4 is 4.90 Å². The molecule has 4 aromatic heterocycles. The Balaban J connectivity index is 0.000000541. The Morgan fingerprint density at radius 2 is 1.74 bits per heavy atom. The van der Waals surface area contributed by atoms with Crippen LogP contribution in [0, 0.1) is 17.2 Å². The number of nitriles is 1. The molecule has 0 aliphatic carbocycles. The van der Waals surface area contributed by atoms with Gasteiger partial charge in [-0.15, -0.1) is 5.10 Å². The molecule has 0 spiro atoms. The van der Waals surface area contributed by atoms with Gasteiger partial charge in [-0.25, -0.2) is 14.3 Å². The molecule has 0 bridgehead atoms. The van der Waals surface area contributed by atoms with E-state index in [1.807, 2.05) is 51.5 Å². The minimum Gasteiger partial charge on any atom is -0.475 e. The lowest BCUT2D eigenvalue weighted by atomic mass is 10.0. The number of alkyl halides is 3. The second-order valence-electron chi connectivity index (χ2n) is 10.1. The highest BCUT2D eigenvalue weighted by Crippen LogP contribution is 2.32. The number of aromatic nitrogens is 6. The molecule has 2 N–H and O–H groups in total. The zero-order valence-corrected chi connectivity index (χ0v) is 23.4. The molecule has 1 saturated heterocycles. The number of amides is 1. The SMILES string of the molecule is CC(C)[C@@H](O)C(=O)N1CCN(c2ccc(-c3cc(-c4cn(C)nn4)cn4ncc(C#N)c34)cn2)CC1.O=C(O)C(F)(F)F. The highest BCUT2D eigenvalue weighted by Gasteiger charge is 2.38. The molecule has 0 saturated carbocycles. The van der Waals surface area contributed by atoms with Gasteiger partial charge in [-0.05, 0) is 24.1 Å². The number of aliphatic hydroxyl groups excluding tert-OH is 1. The van der Waals surface area contributed by atoms with E-state index in [-0.39, 0.29) is 11.8 Å². The molecule has 43 heavy (non-hydrogen) atoms. The molecule has 1 aliphatic rings. The summed E-state index contributed by atoms with van der Waals surface area (Å²) in [7, 11) is 1.81. The van der Waals surface area contributed by atoms with E-state index in [1.165, 1.54) is 0 Å². The van der Waals surface area contributed by atoms with E-state index >= 15 is 0 Å². The van der Waals surface area contributed by atoms with Gasteiger partial charge in [0.05, 0.1) is 23.5 Å². The standard InChI is InChI=1S/C25H27N9O2.C2HF3O2/c1-16(2)24(35)25(36)33-8-6-32(7-9-33)22-5-4-17(12-27-22)20-10-18(21-15-31(3)30-29-21)14-34-23(20)19(11-26)13-28-34;3-2(4,5)1(6)7/h4-5,10,12-16,24,35H,6-9H2,1-3H3;(H,6,7)/t24-;/m1./s1. The van der Waals surface area contributed by atoms with E-state index < -0.39 is 18.2 Å². The number of anilines is 1. The van der Waals surface area contributed by atoms with Crippen molar-refractivity contribution in [3.63, 3.8) is 0 Å². The Labute approximate surface area is 243 Å². The van der Waals surface area contributed by atoms with Crippen LogP contribution in [0.4, 0.5) is 19.0 Å². The van der Waals surface area contributed by atoms with Gasteiger partial charge < -0.3 is 20.0 Å². The van der Waals surface area contributed by atoms with Gasteiger partial charge >= 0.3 is 12.1 Å². The number of halogens is 3. The van der Waals surface area contributed by atoms with Crippen molar-refractivity contribution in [2.75, 3.05) is 31.1 Å². The monoisotopic (exact) mass is 599 g/mol. The van der Waals surface area contributed by atoms with Gasteiger partial charge in [0.15, 0.2) is 0 Å². The molecule has 4 aromatic rings. The molecule has 0 radical (unpaired) electrons. The number of hydrogen-bond acceptors (Lipinski definition) is 9. The van der Waals surface area contributed by atoms with Crippen LogP contribution in [0.2, 0.25) is 0 Å². The Morgan fingerprint density at radius 1 is 1.07 bits per heavy atom. The first-order valence-corrected chi connectivity index (χ1v) is 13.1. The van der Waals surface area contributed by atoms with Gasteiger partial charge in [-0.1, -0.05) is 19.1 Å². The molecule has 0 unspecified atom stereocenters. The lowest BCUT2D eigenvalue weighted by Crippen LogP contribution is -2.52. The van der Waals surface area contributed by atoms with Crippen molar-refractivity contribution in [3.05, 3.63) is 48.5 Å². The number of carboxylic acid groups (broad SMARTS) is 1. The maximum Gasteiger partial charge on any atom is 0.490 e.